The molecule has 20 heavy (non-hydrogen) atoms. The van der Waals surface area contributed by atoms with Crippen LogP contribution >= 0.6 is 0 Å². The van der Waals surface area contributed by atoms with E-state index in [0.29, 0.717) is 13.0 Å². The second-order valence-corrected chi connectivity index (χ2v) is 6.39. The van der Waals surface area contributed by atoms with Gasteiger partial charge in [-0.25, -0.2) is 0 Å². The molecule has 1 heterocycles. The maximum absolute atomic E-state index is 12.3. The molecule has 0 aliphatic carbocycles. The fourth-order valence-corrected chi connectivity index (χ4v) is 3.23. The van der Waals surface area contributed by atoms with E-state index in [2.05, 4.69) is 11.8 Å². The molecular formula is C15H29F3N2. The van der Waals surface area contributed by atoms with Gasteiger partial charge < -0.3 is 5.73 Å². The molecule has 120 valence electrons. The summed E-state index contributed by atoms with van der Waals surface area (Å²) in [5.74, 6) is 0.786. The van der Waals surface area contributed by atoms with E-state index >= 15 is 0 Å². The van der Waals surface area contributed by atoms with Gasteiger partial charge in [0, 0.05) is 18.5 Å². The Morgan fingerprint density at radius 1 is 1.15 bits per heavy atom. The minimum atomic E-state index is -4.05. The zero-order valence-corrected chi connectivity index (χ0v) is 12.8. The van der Waals surface area contributed by atoms with Crippen LogP contribution in [0.2, 0.25) is 0 Å². The van der Waals surface area contributed by atoms with Crippen molar-refractivity contribution < 1.29 is 13.2 Å². The highest BCUT2D eigenvalue weighted by Gasteiger charge is 2.34. The Kier molecular flexibility index (Phi) is 6.79. The molecule has 0 aromatic heterocycles. The molecule has 0 amide bonds. The van der Waals surface area contributed by atoms with Gasteiger partial charge in [-0.15, -0.1) is 0 Å². The topological polar surface area (TPSA) is 29.3 Å². The highest BCUT2D eigenvalue weighted by atomic mass is 19.4. The van der Waals surface area contributed by atoms with Crippen LogP contribution in [0.25, 0.3) is 0 Å². The number of nitrogens with zero attached hydrogens (tertiary/aromatic N) is 1. The first-order valence-corrected chi connectivity index (χ1v) is 7.82. The molecule has 0 bridgehead atoms. The van der Waals surface area contributed by atoms with Crippen molar-refractivity contribution in [2.24, 2.45) is 11.7 Å². The lowest BCUT2D eigenvalue weighted by atomic mass is 9.86. The minimum absolute atomic E-state index is 0.173. The van der Waals surface area contributed by atoms with E-state index in [9.17, 15) is 13.2 Å². The van der Waals surface area contributed by atoms with E-state index < -0.39 is 12.6 Å². The summed E-state index contributed by atoms with van der Waals surface area (Å²) in [5, 5.41) is 0. The van der Waals surface area contributed by atoms with Crippen molar-refractivity contribution in [2.75, 3.05) is 19.6 Å². The summed E-state index contributed by atoms with van der Waals surface area (Å²) < 4.78 is 36.8. The van der Waals surface area contributed by atoms with Crippen LogP contribution in [-0.2, 0) is 0 Å². The Morgan fingerprint density at radius 2 is 1.75 bits per heavy atom. The number of alkyl halides is 3. The molecule has 2 nitrogen and oxygen atoms in total. The molecule has 0 saturated carbocycles. The third-order valence-electron chi connectivity index (χ3n) is 4.69. The van der Waals surface area contributed by atoms with Gasteiger partial charge in [0.1, 0.15) is 0 Å². The predicted molar refractivity (Wildman–Crippen MR) is 76.6 cm³/mol. The van der Waals surface area contributed by atoms with Gasteiger partial charge in [-0.05, 0) is 51.6 Å². The third kappa shape index (κ3) is 5.60. The number of hydrogen-bond donors (Lipinski definition) is 1. The number of nitrogens with two attached hydrogens (primary N) is 1. The molecule has 0 spiro atoms. The molecule has 2 N–H and O–H groups in total. The van der Waals surface area contributed by atoms with Crippen molar-refractivity contribution in [1.82, 2.24) is 4.90 Å². The van der Waals surface area contributed by atoms with Gasteiger partial charge in [0.05, 0.1) is 0 Å². The maximum atomic E-state index is 12.3. The Balaban J connectivity index is 2.44. The first kappa shape index (κ1) is 17.8. The number of hydrogen-bond acceptors (Lipinski definition) is 2. The van der Waals surface area contributed by atoms with Crippen LogP contribution in [-0.4, -0.2) is 36.2 Å². The second-order valence-electron chi connectivity index (χ2n) is 6.39. The van der Waals surface area contributed by atoms with Crippen molar-refractivity contribution in [1.29, 1.82) is 0 Å². The first-order valence-electron chi connectivity index (χ1n) is 7.82. The monoisotopic (exact) mass is 294 g/mol. The van der Waals surface area contributed by atoms with Crippen molar-refractivity contribution in [3.8, 4) is 0 Å². The lowest BCUT2D eigenvalue weighted by Crippen LogP contribution is -2.54. The zero-order valence-electron chi connectivity index (χ0n) is 12.8. The van der Waals surface area contributed by atoms with E-state index in [0.717, 1.165) is 31.8 Å². The molecule has 1 saturated heterocycles. The molecule has 0 aromatic rings. The highest BCUT2D eigenvalue weighted by molar-refractivity contribution is 4.90. The quantitative estimate of drug-likeness (QED) is 0.770. The summed E-state index contributed by atoms with van der Waals surface area (Å²) in [4.78, 5) is 2.32. The zero-order chi connectivity index (χ0) is 15.2. The molecule has 0 radical (unpaired) electrons. The summed E-state index contributed by atoms with van der Waals surface area (Å²) in [6, 6.07) is 0. The summed E-state index contributed by atoms with van der Waals surface area (Å²) >= 11 is 0. The largest absolute Gasteiger partial charge is 0.389 e. The summed E-state index contributed by atoms with van der Waals surface area (Å²) in [5.41, 5.74) is 5.58. The third-order valence-corrected chi connectivity index (χ3v) is 4.69. The second kappa shape index (κ2) is 7.64. The molecule has 1 fully saturated rings. The van der Waals surface area contributed by atoms with Gasteiger partial charge in [0.2, 0.25) is 0 Å². The van der Waals surface area contributed by atoms with Crippen LogP contribution in [0.3, 0.4) is 0 Å². The van der Waals surface area contributed by atoms with Crippen LogP contribution in [0.15, 0.2) is 0 Å². The molecular weight excluding hydrogens is 265 g/mol. The van der Waals surface area contributed by atoms with Crippen LogP contribution in [0.1, 0.15) is 58.8 Å². The lowest BCUT2D eigenvalue weighted by Gasteiger charge is -2.45. The van der Waals surface area contributed by atoms with Gasteiger partial charge in [0.25, 0.3) is 0 Å². The van der Waals surface area contributed by atoms with Crippen molar-refractivity contribution in [2.45, 2.75) is 70.5 Å². The van der Waals surface area contributed by atoms with Crippen LogP contribution < -0.4 is 5.73 Å². The molecule has 1 unspecified atom stereocenters. The standard InChI is InChI=1S/C15H29F3N2/c1-3-5-13-6-10-20(11-7-13)14(2,12-19)8-4-9-15(16,17)18/h13H,3-12,19H2,1-2H3. The normalized spacial score (nSPS) is 21.9. The highest BCUT2D eigenvalue weighted by Crippen LogP contribution is 2.31. The number of piperidine rings is 1. The van der Waals surface area contributed by atoms with Gasteiger partial charge in [-0.2, -0.15) is 13.2 Å². The van der Waals surface area contributed by atoms with Crippen LogP contribution in [0, 0.1) is 5.92 Å². The van der Waals surface area contributed by atoms with E-state index in [-0.39, 0.29) is 12.0 Å². The lowest BCUT2D eigenvalue weighted by molar-refractivity contribution is -0.137. The summed E-state index contributed by atoms with van der Waals surface area (Å²) in [7, 11) is 0. The SMILES string of the molecule is CCCC1CCN(C(C)(CN)CCCC(F)(F)F)CC1. The van der Waals surface area contributed by atoms with Crippen molar-refractivity contribution >= 4 is 0 Å². The number of halogens is 3. The van der Waals surface area contributed by atoms with Gasteiger partial charge in [-0.1, -0.05) is 19.8 Å². The van der Waals surface area contributed by atoms with Gasteiger partial charge >= 0.3 is 6.18 Å². The van der Waals surface area contributed by atoms with Gasteiger partial charge in [0.15, 0.2) is 0 Å². The van der Waals surface area contributed by atoms with Crippen molar-refractivity contribution in [3.63, 3.8) is 0 Å². The Hall–Kier alpha value is -0.290. The molecule has 0 aromatic carbocycles. The van der Waals surface area contributed by atoms with E-state index in [1.165, 1.54) is 12.8 Å². The van der Waals surface area contributed by atoms with E-state index in [1.54, 1.807) is 0 Å². The summed E-state index contributed by atoms with van der Waals surface area (Å²) in [6.45, 7) is 6.61. The maximum Gasteiger partial charge on any atom is 0.389 e. The fourth-order valence-electron chi connectivity index (χ4n) is 3.23. The fraction of sp³-hybridized carbons (Fsp3) is 1.00. The smallest absolute Gasteiger partial charge is 0.329 e. The molecule has 1 aliphatic heterocycles. The van der Waals surface area contributed by atoms with Crippen molar-refractivity contribution in [3.05, 3.63) is 0 Å². The molecule has 1 atom stereocenters. The van der Waals surface area contributed by atoms with Gasteiger partial charge in [-0.3, -0.25) is 4.90 Å². The number of rotatable bonds is 7. The Morgan fingerprint density at radius 3 is 2.20 bits per heavy atom. The average molecular weight is 294 g/mol. The molecule has 5 heteroatoms. The first-order chi connectivity index (χ1) is 9.30. The van der Waals surface area contributed by atoms with E-state index in [4.69, 9.17) is 5.73 Å². The van der Waals surface area contributed by atoms with Crippen LogP contribution in [0.5, 0.6) is 0 Å². The minimum Gasteiger partial charge on any atom is -0.329 e. The van der Waals surface area contributed by atoms with Crippen LogP contribution in [0.4, 0.5) is 13.2 Å². The average Bonchev–Trinajstić information content (AvgIpc) is 2.38. The Bertz CT molecular complexity index is 273. The molecule has 1 aliphatic rings. The predicted octanol–water partition coefficient (Wildman–Crippen LogP) is 3.95. The Labute approximate surface area is 120 Å². The molecule has 1 rings (SSSR count). The van der Waals surface area contributed by atoms with E-state index in [1.807, 2.05) is 6.92 Å². The number of likely N-dealkylation sites (tertiary alicyclic amines) is 1. The summed E-state index contributed by atoms with van der Waals surface area (Å²) in [6.07, 6.45) is 0.739.